The maximum absolute atomic E-state index is 3.49. The third-order valence-corrected chi connectivity index (χ3v) is 10.7. The van der Waals surface area contributed by atoms with E-state index in [0.717, 1.165) is 38.5 Å². The summed E-state index contributed by atoms with van der Waals surface area (Å²) in [6, 6.07) is 0. The van der Waals surface area contributed by atoms with Crippen molar-refractivity contribution in [1.29, 1.82) is 0 Å². The fourth-order valence-electron chi connectivity index (χ4n) is 6.13. The predicted octanol–water partition coefficient (Wildman–Crippen LogP) is 4.98. The first kappa shape index (κ1) is 44.8. The van der Waals surface area contributed by atoms with Gasteiger partial charge >= 0.3 is 43.4 Å². The van der Waals surface area contributed by atoms with E-state index in [1.807, 2.05) is 23.5 Å². The normalized spacial score (nSPS) is 24.5. The molecule has 42 heavy (non-hydrogen) atoms. The molecule has 0 spiro atoms. The molecule has 0 amide bonds. The first-order valence-electron chi connectivity index (χ1n) is 14.2. The van der Waals surface area contributed by atoms with Crippen molar-refractivity contribution in [2.45, 2.75) is 103 Å². The minimum atomic E-state index is 0. The standard InChI is InChI=1S/2C18H25S.2ClH.2Ti/c2*1-14-10-11-18(19-5,13-15-8-6-7-9-15)16(12-14)17(2,3)4;;;;/h2*6,8,10,12H,7,11,13H2,1-5H3;2*1H;;/q2*-1;;;2*+2/p-2. The summed E-state index contributed by atoms with van der Waals surface area (Å²) in [5, 5.41) is 0. The topological polar surface area (TPSA) is 0 Å². The van der Waals surface area contributed by atoms with Crippen molar-refractivity contribution in [3.05, 3.63) is 94.2 Å². The van der Waals surface area contributed by atoms with E-state index in [4.69, 9.17) is 0 Å². The predicted molar refractivity (Wildman–Crippen MR) is 175 cm³/mol. The zero-order valence-electron chi connectivity index (χ0n) is 27.4. The van der Waals surface area contributed by atoms with Gasteiger partial charge in [0.25, 0.3) is 0 Å². The molecule has 2 unspecified atom stereocenters. The number of allylic oxidation sites excluding steroid dienone is 14. The number of hydrogen-bond donors (Lipinski definition) is 0. The summed E-state index contributed by atoms with van der Waals surface area (Å²) < 4.78 is 0.434. The number of hydrogen-bond acceptors (Lipinski definition) is 2. The van der Waals surface area contributed by atoms with Gasteiger partial charge in [0.15, 0.2) is 0 Å². The summed E-state index contributed by atoms with van der Waals surface area (Å²) >= 11 is 4.02. The van der Waals surface area contributed by atoms with E-state index >= 15 is 0 Å². The van der Waals surface area contributed by atoms with E-state index in [0.29, 0.717) is 0 Å². The molecule has 0 nitrogen and oxygen atoms in total. The van der Waals surface area contributed by atoms with Gasteiger partial charge in [-0.25, -0.2) is 23.3 Å². The second-order valence-corrected chi connectivity index (χ2v) is 15.7. The molecule has 0 saturated carbocycles. The second kappa shape index (κ2) is 18.7. The van der Waals surface area contributed by atoms with Crippen LogP contribution in [0.1, 0.15) is 93.9 Å². The molecule has 0 N–H and O–H groups in total. The molecule has 0 radical (unpaired) electrons. The largest absolute Gasteiger partial charge is 2.00 e. The van der Waals surface area contributed by atoms with Crippen LogP contribution in [0.2, 0.25) is 0 Å². The van der Waals surface area contributed by atoms with Gasteiger partial charge in [0.2, 0.25) is 0 Å². The van der Waals surface area contributed by atoms with Crippen LogP contribution in [0, 0.1) is 23.0 Å². The van der Waals surface area contributed by atoms with Crippen molar-refractivity contribution in [1.82, 2.24) is 0 Å². The minimum absolute atomic E-state index is 0. The molecule has 4 aliphatic carbocycles. The number of rotatable bonds is 6. The van der Waals surface area contributed by atoms with Gasteiger partial charge in [-0.2, -0.15) is 35.7 Å². The monoisotopic (exact) mass is 712 g/mol. The van der Waals surface area contributed by atoms with Crippen molar-refractivity contribution in [2.75, 3.05) is 12.5 Å². The quantitative estimate of drug-likeness (QED) is 0.282. The molecule has 0 aromatic heterocycles. The van der Waals surface area contributed by atoms with E-state index in [1.165, 1.54) is 22.3 Å². The molecule has 0 saturated heterocycles. The van der Waals surface area contributed by atoms with Crippen LogP contribution in [0.3, 0.4) is 0 Å². The molecule has 0 bridgehead atoms. The zero-order chi connectivity index (χ0) is 28.2. The molecule has 0 aromatic rings. The summed E-state index contributed by atoms with van der Waals surface area (Å²) in [5.41, 5.74) is 9.21. The summed E-state index contributed by atoms with van der Waals surface area (Å²) in [6.07, 6.45) is 36.5. The average molecular weight is 714 g/mol. The number of halogens is 2. The molecule has 0 heterocycles. The van der Waals surface area contributed by atoms with E-state index in [1.54, 1.807) is 11.1 Å². The van der Waals surface area contributed by atoms with Crippen LogP contribution < -0.4 is 24.8 Å². The minimum Gasteiger partial charge on any atom is -1.00 e. The van der Waals surface area contributed by atoms with Crippen molar-refractivity contribution >= 4 is 23.5 Å². The Hall–Kier alpha value is 0.629. The molecule has 0 aromatic carbocycles. The van der Waals surface area contributed by atoms with Gasteiger partial charge in [-0.05, 0) is 74.0 Å². The Kier molecular flexibility index (Phi) is 19.9. The van der Waals surface area contributed by atoms with Crippen LogP contribution in [0.15, 0.2) is 82.0 Å². The van der Waals surface area contributed by atoms with Crippen molar-refractivity contribution in [3.63, 3.8) is 0 Å². The molecule has 0 fully saturated rings. The van der Waals surface area contributed by atoms with Gasteiger partial charge in [0.05, 0.1) is 0 Å². The molecule has 2 atom stereocenters. The van der Waals surface area contributed by atoms with Gasteiger partial charge in [0, 0.05) is 9.49 Å². The van der Waals surface area contributed by atoms with Crippen molar-refractivity contribution in [2.24, 2.45) is 10.8 Å². The van der Waals surface area contributed by atoms with E-state index in [9.17, 15) is 0 Å². The van der Waals surface area contributed by atoms with E-state index in [2.05, 4.69) is 129 Å². The zero-order valence-corrected chi connectivity index (χ0v) is 33.7. The fraction of sp³-hybridized carbons (Fsp3) is 0.556. The third kappa shape index (κ3) is 11.5. The van der Waals surface area contributed by atoms with Gasteiger partial charge in [-0.3, -0.25) is 12.2 Å². The first-order valence-corrected chi connectivity index (χ1v) is 16.6. The maximum Gasteiger partial charge on any atom is 2.00 e. The average Bonchev–Trinajstić information content (AvgIpc) is 3.55. The molecule has 4 aliphatic rings. The van der Waals surface area contributed by atoms with Gasteiger partial charge in [0.1, 0.15) is 0 Å². The third-order valence-electron chi connectivity index (χ3n) is 8.11. The van der Waals surface area contributed by atoms with Gasteiger partial charge in [-0.15, -0.1) is 12.8 Å². The second-order valence-electron chi connectivity index (χ2n) is 13.3. The number of thioether (sulfide) groups is 2. The van der Waals surface area contributed by atoms with Crippen LogP contribution in [0.25, 0.3) is 0 Å². The Morgan fingerprint density at radius 2 is 1.00 bits per heavy atom. The Morgan fingerprint density at radius 3 is 1.24 bits per heavy atom. The SMILES string of the molecule is CSC1(CC2=[C-]CC=C2)CC=C(C)C=C1C(C)(C)C.CSC1(CC2=[C-]CC=C2)CC=C(C)C=C1C(C)(C)C.[Cl-].[Cl-].[Ti+2].[Ti+2]. The molecule has 6 heteroatoms. The van der Waals surface area contributed by atoms with Crippen LogP contribution >= 0.6 is 23.5 Å². The van der Waals surface area contributed by atoms with Crippen LogP contribution in [0.4, 0.5) is 0 Å². The molecular weight excluding hydrogens is 663 g/mol. The van der Waals surface area contributed by atoms with Crippen LogP contribution in [0.5, 0.6) is 0 Å². The molecule has 228 valence electrons. The Morgan fingerprint density at radius 1 is 0.667 bits per heavy atom. The Labute approximate surface area is 310 Å². The van der Waals surface area contributed by atoms with Crippen molar-refractivity contribution in [3.8, 4) is 0 Å². The maximum atomic E-state index is 3.49. The smallest absolute Gasteiger partial charge is 1.00 e. The fourth-order valence-corrected chi connectivity index (χ4v) is 8.40. The van der Waals surface area contributed by atoms with Gasteiger partial charge < -0.3 is 24.8 Å². The summed E-state index contributed by atoms with van der Waals surface area (Å²) in [5.74, 6) is 0. The van der Waals surface area contributed by atoms with Gasteiger partial charge in [-0.1, -0.05) is 77.0 Å². The van der Waals surface area contributed by atoms with Crippen LogP contribution in [-0.2, 0) is 43.4 Å². The molecular formula is C36H50Cl2S2Ti2. The van der Waals surface area contributed by atoms with E-state index in [-0.39, 0.29) is 88.6 Å². The summed E-state index contributed by atoms with van der Waals surface area (Å²) in [4.78, 5) is 0. The summed E-state index contributed by atoms with van der Waals surface area (Å²) in [6.45, 7) is 18.5. The van der Waals surface area contributed by atoms with Crippen molar-refractivity contribution < 1.29 is 68.2 Å². The summed E-state index contributed by atoms with van der Waals surface area (Å²) in [7, 11) is 0. The first-order chi connectivity index (χ1) is 17.7. The van der Waals surface area contributed by atoms with E-state index < -0.39 is 0 Å². The molecule has 0 aliphatic heterocycles. The van der Waals surface area contributed by atoms with Crippen LogP contribution in [-0.4, -0.2) is 22.0 Å². The Balaban J connectivity index is 0. The Bertz CT molecular complexity index is 1050. The molecule has 4 rings (SSSR count).